The normalized spacial score (nSPS) is 24.0. The molecule has 10 nitrogen and oxygen atoms in total. The standard InChI is InChI=1S/C23H26N4O6S3/c1-12-16(21-22-13(2-4-32-21)3-5-34-22)8-19(35-12)20(29)17-9-25-11-26-23(17)27-15-6-14(18(28)7-15)10-33-36(24,30)31/h3,5,8-9,11,14-15,18,21,28H,2,4,6-7,10H2,1H3,(H2,24,30,31)(H,25,26,27)/t14-,15-,18+,21+/m1/s1. The summed E-state index contributed by atoms with van der Waals surface area (Å²) in [7, 11) is -4.09. The topological polar surface area (TPSA) is 154 Å². The number of aliphatic hydroxyl groups is 1. The lowest BCUT2D eigenvalue weighted by Crippen LogP contribution is -2.24. The van der Waals surface area contributed by atoms with Crippen LogP contribution in [0.15, 0.2) is 30.0 Å². The largest absolute Gasteiger partial charge is 0.393 e. The zero-order valence-electron chi connectivity index (χ0n) is 19.4. The molecule has 3 aromatic heterocycles. The maximum atomic E-state index is 13.5. The number of aryl methyl sites for hydroxylation is 1. The summed E-state index contributed by atoms with van der Waals surface area (Å²) in [5, 5.41) is 20.5. The number of nitrogens with one attached hydrogen (secondary N) is 1. The van der Waals surface area contributed by atoms with E-state index in [9.17, 15) is 18.3 Å². The molecular formula is C23H26N4O6S3. The third kappa shape index (κ3) is 5.37. The number of ether oxygens (including phenoxy) is 1. The van der Waals surface area contributed by atoms with Gasteiger partial charge in [0.25, 0.3) is 0 Å². The highest BCUT2D eigenvalue weighted by Crippen LogP contribution is 2.40. The molecule has 5 rings (SSSR count). The smallest absolute Gasteiger partial charge is 0.333 e. The van der Waals surface area contributed by atoms with Gasteiger partial charge in [-0.1, -0.05) is 0 Å². The monoisotopic (exact) mass is 550 g/mol. The fourth-order valence-electron chi connectivity index (χ4n) is 4.76. The molecule has 0 radical (unpaired) electrons. The molecule has 0 bridgehead atoms. The number of fused-ring (bicyclic) bond motifs is 1. The Bertz CT molecular complexity index is 1370. The first-order chi connectivity index (χ1) is 17.2. The van der Waals surface area contributed by atoms with Gasteiger partial charge in [-0.3, -0.25) is 8.98 Å². The van der Waals surface area contributed by atoms with Crippen molar-refractivity contribution in [3.8, 4) is 0 Å². The molecule has 0 aromatic carbocycles. The summed E-state index contributed by atoms with van der Waals surface area (Å²) in [6.45, 7) is 2.43. The van der Waals surface area contributed by atoms with Crippen molar-refractivity contribution < 1.29 is 27.2 Å². The van der Waals surface area contributed by atoms with Crippen molar-refractivity contribution in [2.45, 2.75) is 44.4 Å². The summed E-state index contributed by atoms with van der Waals surface area (Å²) in [6.07, 6.45) is 3.56. The fourth-order valence-corrected chi connectivity index (χ4v) is 7.15. The highest BCUT2D eigenvalue weighted by molar-refractivity contribution is 7.84. The summed E-state index contributed by atoms with van der Waals surface area (Å²) in [4.78, 5) is 24.6. The number of nitrogens with two attached hydrogens (primary N) is 1. The lowest BCUT2D eigenvalue weighted by Gasteiger charge is -2.23. The maximum Gasteiger partial charge on any atom is 0.333 e. The Balaban J connectivity index is 1.33. The van der Waals surface area contributed by atoms with Crippen LogP contribution in [-0.2, 0) is 25.6 Å². The Kier molecular flexibility index (Phi) is 7.23. The third-order valence-electron chi connectivity index (χ3n) is 6.54. The molecule has 13 heteroatoms. The van der Waals surface area contributed by atoms with Crippen molar-refractivity contribution in [1.82, 2.24) is 9.97 Å². The van der Waals surface area contributed by atoms with E-state index in [1.165, 1.54) is 34.3 Å². The molecule has 1 saturated carbocycles. The minimum atomic E-state index is -4.09. The zero-order valence-corrected chi connectivity index (χ0v) is 21.9. The van der Waals surface area contributed by atoms with Crippen LogP contribution in [0.4, 0.5) is 5.82 Å². The van der Waals surface area contributed by atoms with E-state index in [4.69, 9.17) is 9.88 Å². The molecular weight excluding hydrogens is 524 g/mol. The van der Waals surface area contributed by atoms with Crippen molar-refractivity contribution in [2.75, 3.05) is 18.5 Å². The van der Waals surface area contributed by atoms with Gasteiger partial charge in [0.15, 0.2) is 0 Å². The highest BCUT2D eigenvalue weighted by Gasteiger charge is 2.35. The van der Waals surface area contributed by atoms with Gasteiger partial charge in [0.05, 0.1) is 29.8 Å². The summed E-state index contributed by atoms with van der Waals surface area (Å²) >= 11 is 3.09. The van der Waals surface area contributed by atoms with E-state index in [-0.39, 0.29) is 24.5 Å². The van der Waals surface area contributed by atoms with Gasteiger partial charge in [0.2, 0.25) is 5.78 Å². The van der Waals surface area contributed by atoms with E-state index >= 15 is 0 Å². The molecule has 0 unspecified atom stereocenters. The minimum Gasteiger partial charge on any atom is -0.393 e. The Morgan fingerprint density at radius 3 is 3.03 bits per heavy atom. The predicted molar refractivity (Wildman–Crippen MR) is 136 cm³/mol. The van der Waals surface area contributed by atoms with Crippen LogP contribution in [0.2, 0.25) is 0 Å². The fraction of sp³-hybridized carbons (Fsp3) is 0.435. The Hall–Kier alpha value is -2.26. The van der Waals surface area contributed by atoms with E-state index in [1.54, 1.807) is 11.3 Å². The number of ketones is 1. The molecule has 1 aliphatic heterocycles. The van der Waals surface area contributed by atoms with Crippen LogP contribution in [0.5, 0.6) is 0 Å². The Morgan fingerprint density at radius 1 is 1.39 bits per heavy atom. The Labute approximate surface area is 216 Å². The first-order valence-electron chi connectivity index (χ1n) is 11.4. The average Bonchev–Trinajstić information content (AvgIpc) is 3.55. The quantitative estimate of drug-likeness (QED) is 0.359. The van der Waals surface area contributed by atoms with Crippen molar-refractivity contribution in [3.05, 3.63) is 61.4 Å². The number of rotatable bonds is 8. The van der Waals surface area contributed by atoms with Crippen LogP contribution in [0.1, 0.15) is 55.1 Å². The predicted octanol–water partition coefficient (Wildman–Crippen LogP) is 2.57. The zero-order chi connectivity index (χ0) is 25.4. The van der Waals surface area contributed by atoms with Crippen LogP contribution >= 0.6 is 22.7 Å². The highest BCUT2D eigenvalue weighted by atomic mass is 32.2. The Morgan fingerprint density at radius 2 is 2.22 bits per heavy atom. The van der Waals surface area contributed by atoms with Crippen molar-refractivity contribution in [3.63, 3.8) is 0 Å². The van der Waals surface area contributed by atoms with E-state index in [1.807, 2.05) is 13.0 Å². The van der Waals surface area contributed by atoms with Crippen molar-refractivity contribution in [2.24, 2.45) is 11.1 Å². The molecule has 36 heavy (non-hydrogen) atoms. The molecule has 0 saturated heterocycles. The summed E-state index contributed by atoms with van der Waals surface area (Å²) in [5.74, 6) is -0.253. The van der Waals surface area contributed by atoms with Crippen LogP contribution < -0.4 is 10.5 Å². The maximum absolute atomic E-state index is 13.5. The number of carbonyl (C=O) groups excluding carboxylic acids is 1. The number of hydrogen-bond acceptors (Lipinski definition) is 11. The lowest BCUT2D eigenvalue weighted by molar-refractivity contribution is 0.0727. The molecule has 0 amide bonds. The van der Waals surface area contributed by atoms with E-state index < -0.39 is 22.3 Å². The summed E-state index contributed by atoms with van der Waals surface area (Å²) in [6, 6.07) is 3.80. The van der Waals surface area contributed by atoms with Crippen molar-refractivity contribution >= 4 is 44.6 Å². The van der Waals surface area contributed by atoms with Crippen molar-refractivity contribution in [1.29, 1.82) is 0 Å². The number of aliphatic hydroxyl groups excluding tert-OH is 1. The van der Waals surface area contributed by atoms with E-state index in [2.05, 4.69) is 30.9 Å². The van der Waals surface area contributed by atoms with Gasteiger partial charge in [-0.05, 0) is 49.3 Å². The average molecular weight is 551 g/mol. The minimum absolute atomic E-state index is 0.173. The van der Waals surface area contributed by atoms with Crippen LogP contribution in [0.3, 0.4) is 0 Å². The number of thiophene rings is 2. The molecule has 4 N–H and O–H groups in total. The van der Waals surface area contributed by atoms with Gasteiger partial charge in [-0.25, -0.2) is 15.1 Å². The molecule has 3 aromatic rings. The second kappa shape index (κ2) is 10.2. The van der Waals surface area contributed by atoms with Gasteiger partial charge in [0.1, 0.15) is 18.2 Å². The molecule has 0 spiro atoms. The van der Waals surface area contributed by atoms with Gasteiger partial charge in [0, 0.05) is 33.5 Å². The van der Waals surface area contributed by atoms with Gasteiger partial charge in [-0.15, -0.1) is 22.7 Å². The second-order valence-electron chi connectivity index (χ2n) is 8.96. The first-order valence-corrected chi connectivity index (χ1v) is 14.6. The SMILES string of the molecule is Cc1sc(C(=O)c2cncnc2N[C@@H]2C[C@H](COS(N)(=O)=O)[C@@H](O)C2)cc1[C@@H]1OCCc2ccsc21. The number of carbonyl (C=O) groups is 1. The molecule has 1 fully saturated rings. The molecule has 4 heterocycles. The third-order valence-corrected chi connectivity index (χ3v) is 9.07. The van der Waals surface area contributed by atoms with Gasteiger partial charge in [-0.2, -0.15) is 8.42 Å². The summed E-state index contributed by atoms with van der Waals surface area (Å²) in [5.41, 5.74) is 2.62. The van der Waals surface area contributed by atoms with E-state index in [0.29, 0.717) is 35.7 Å². The second-order valence-corrected chi connectivity index (χ2v) is 12.4. The number of aromatic nitrogens is 2. The van der Waals surface area contributed by atoms with Crippen LogP contribution in [0.25, 0.3) is 0 Å². The molecule has 1 aliphatic carbocycles. The summed E-state index contributed by atoms with van der Waals surface area (Å²) < 4.78 is 32.9. The molecule has 2 aliphatic rings. The van der Waals surface area contributed by atoms with Crippen LogP contribution in [-0.4, -0.2) is 54.6 Å². The van der Waals surface area contributed by atoms with Gasteiger partial charge >= 0.3 is 10.3 Å². The van der Waals surface area contributed by atoms with E-state index in [0.717, 1.165) is 16.9 Å². The molecule has 4 atom stereocenters. The number of nitrogens with zero attached hydrogens (tertiary/aromatic N) is 2. The molecule has 192 valence electrons. The van der Waals surface area contributed by atoms with Crippen LogP contribution in [0, 0.1) is 12.8 Å². The number of anilines is 1. The lowest BCUT2D eigenvalue weighted by atomic mass is 10.0. The number of hydrogen-bond donors (Lipinski definition) is 3. The first kappa shape index (κ1) is 25.4. The van der Waals surface area contributed by atoms with Gasteiger partial charge < -0.3 is 15.2 Å².